The van der Waals surface area contributed by atoms with Gasteiger partial charge in [-0.15, -0.1) is 0 Å². The molecule has 0 radical (unpaired) electrons. The second kappa shape index (κ2) is 11.4. The summed E-state index contributed by atoms with van der Waals surface area (Å²) in [5.41, 5.74) is 2.56. The van der Waals surface area contributed by atoms with E-state index in [2.05, 4.69) is 10.3 Å². The summed E-state index contributed by atoms with van der Waals surface area (Å²) < 4.78 is 12.9. The summed E-state index contributed by atoms with van der Waals surface area (Å²) in [5.74, 6) is -0.0431. The normalized spacial score (nSPS) is 11.5. The van der Waals surface area contributed by atoms with E-state index in [4.69, 9.17) is 9.47 Å². The standard InChI is InChI=1S/C27H30N4O4/c1-17(2)34-11-7-9-29-25(32)21(16-28)15-23-26(35-22-13-18(3)12-19(4)14-22)30-24-20(5)8-6-10-31(24)27(23)33/h6,8,10,12-15,17H,7,9,11H2,1-5H3,(H,29,32)/b21-15+. The molecule has 1 amide bonds. The molecular formula is C27H30N4O4. The van der Waals surface area contributed by atoms with Crippen LogP contribution in [0.1, 0.15) is 42.5 Å². The number of aryl methyl sites for hydroxylation is 3. The number of rotatable bonds is 9. The van der Waals surface area contributed by atoms with Gasteiger partial charge in [0.2, 0.25) is 5.88 Å². The van der Waals surface area contributed by atoms with E-state index in [9.17, 15) is 14.9 Å². The second-order valence-electron chi connectivity index (χ2n) is 8.64. The van der Waals surface area contributed by atoms with Crippen molar-refractivity contribution >= 4 is 17.6 Å². The zero-order chi connectivity index (χ0) is 25.5. The lowest BCUT2D eigenvalue weighted by molar-refractivity contribution is -0.117. The third-order valence-electron chi connectivity index (χ3n) is 5.17. The average Bonchev–Trinajstić information content (AvgIpc) is 2.78. The molecule has 1 aromatic carbocycles. The summed E-state index contributed by atoms with van der Waals surface area (Å²) in [6.45, 7) is 10.4. The van der Waals surface area contributed by atoms with Crippen molar-refractivity contribution in [3.8, 4) is 17.7 Å². The molecule has 2 aromatic heterocycles. The molecule has 0 aliphatic rings. The second-order valence-corrected chi connectivity index (χ2v) is 8.64. The highest BCUT2D eigenvalue weighted by Gasteiger charge is 2.18. The number of amides is 1. The summed E-state index contributed by atoms with van der Waals surface area (Å²) >= 11 is 0. The molecule has 3 aromatic rings. The number of nitrogens with one attached hydrogen (secondary N) is 1. The minimum atomic E-state index is -0.580. The SMILES string of the molecule is Cc1cc(C)cc(Oc2nc3c(C)cccn3c(=O)c2/C=C(\C#N)C(=O)NCCCOC(C)C)c1. The first-order chi connectivity index (χ1) is 16.7. The lowest BCUT2D eigenvalue weighted by Gasteiger charge is -2.12. The Morgan fingerprint density at radius 1 is 1.23 bits per heavy atom. The summed E-state index contributed by atoms with van der Waals surface area (Å²) in [7, 11) is 0. The average molecular weight is 475 g/mol. The van der Waals surface area contributed by atoms with Gasteiger partial charge in [0.15, 0.2) is 0 Å². The van der Waals surface area contributed by atoms with Gasteiger partial charge in [-0.3, -0.25) is 14.0 Å². The Morgan fingerprint density at radius 3 is 2.60 bits per heavy atom. The predicted octanol–water partition coefficient (Wildman–Crippen LogP) is 4.25. The zero-order valence-corrected chi connectivity index (χ0v) is 20.7. The van der Waals surface area contributed by atoms with Crippen LogP contribution in [-0.4, -0.2) is 34.5 Å². The Morgan fingerprint density at radius 2 is 1.94 bits per heavy atom. The summed E-state index contributed by atoms with van der Waals surface area (Å²) in [6, 6.07) is 11.1. The van der Waals surface area contributed by atoms with Gasteiger partial charge >= 0.3 is 0 Å². The molecule has 8 heteroatoms. The van der Waals surface area contributed by atoms with Crippen LogP contribution < -0.4 is 15.6 Å². The molecule has 0 saturated carbocycles. The zero-order valence-electron chi connectivity index (χ0n) is 20.7. The number of pyridine rings is 1. The van der Waals surface area contributed by atoms with Gasteiger partial charge in [0.05, 0.1) is 6.10 Å². The van der Waals surface area contributed by atoms with Crippen LogP contribution >= 0.6 is 0 Å². The van der Waals surface area contributed by atoms with E-state index in [0.29, 0.717) is 31.0 Å². The van der Waals surface area contributed by atoms with Crippen LogP contribution in [0.2, 0.25) is 0 Å². The van der Waals surface area contributed by atoms with E-state index in [1.807, 2.05) is 65.0 Å². The maximum absolute atomic E-state index is 13.4. The number of benzene rings is 1. The van der Waals surface area contributed by atoms with Crippen molar-refractivity contribution in [3.63, 3.8) is 0 Å². The van der Waals surface area contributed by atoms with Crippen LogP contribution in [0.25, 0.3) is 11.7 Å². The van der Waals surface area contributed by atoms with Gasteiger partial charge in [-0.05, 0) is 82.0 Å². The smallest absolute Gasteiger partial charge is 0.269 e. The summed E-state index contributed by atoms with van der Waals surface area (Å²) in [4.78, 5) is 30.6. The van der Waals surface area contributed by atoms with E-state index in [1.165, 1.54) is 10.5 Å². The van der Waals surface area contributed by atoms with Crippen molar-refractivity contribution in [3.05, 3.63) is 74.7 Å². The number of hydrogen-bond donors (Lipinski definition) is 1. The molecule has 0 saturated heterocycles. The van der Waals surface area contributed by atoms with Gasteiger partial charge in [-0.1, -0.05) is 12.1 Å². The Kier molecular flexibility index (Phi) is 8.39. The number of carbonyl (C=O) groups is 1. The number of nitrogens with zero attached hydrogens (tertiary/aromatic N) is 3. The quantitative estimate of drug-likeness (QED) is 0.282. The first kappa shape index (κ1) is 25.7. The van der Waals surface area contributed by atoms with Crippen LogP contribution in [0.3, 0.4) is 0 Å². The molecule has 8 nitrogen and oxygen atoms in total. The largest absolute Gasteiger partial charge is 0.438 e. The van der Waals surface area contributed by atoms with Crippen LogP contribution in [-0.2, 0) is 9.53 Å². The minimum Gasteiger partial charge on any atom is -0.438 e. The Balaban J connectivity index is 2.01. The maximum atomic E-state index is 13.4. The highest BCUT2D eigenvalue weighted by atomic mass is 16.5. The van der Waals surface area contributed by atoms with Gasteiger partial charge in [-0.25, -0.2) is 0 Å². The molecule has 182 valence electrons. The number of aromatic nitrogens is 2. The highest BCUT2D eigenvalue weighted by Crippen LogP contribution is 2.26. The maximum Gasteiger partial charge on any atom is 0.269 e. The van der Waals surface area contributed by atoms with Crippen LogP contribution in [0.4, 0.5) is 0 Å². The van der Waals surface area contributed by atoms with Gasteiger partial charge in [0.1, 0.15) is 28.6 Å². The van der Waals surface area contributed by atoms with E-state index in [0.717, 1.165) is 16.7 Å². The summed E-state index contributed by atoms with van der Waals surface area (Å²) in [5, 5.41) is 12.4. The van der Waals surface area contributed by atoms with Crippen molar-refractivity contribution in [2.45, 2.75) is 47.1 Å². The molecule has 3 rings (SSSR count). The third-order valence-corrected chi connectivity index (χ3v) is 5.17. The summed E-state index contributed by atoms with van der Waals surface area (Å²) in [6.07, 6.45) is 3.54. The fraction of sp³-hybridized carbons (Fsp3) is 0.333. The molecule has 1 N–H and O–H groups in total. The monoisotopic (exact) mass is 474 g/mol. The van der Waals surface area contributed by atoms with Crippen LogP contribution in [0, 0.1) is 32.1 Å². The van der Waals surface area contributed by atoms with Crippen molar-refractivity contribution in [1.82, 2.24) is 14.7 Å². The number of carbonyl (C=O) groups excluding carboxylic acids is 1. The van der Waals surface area contributed by atoms with E-state index >= 15 is 0 Å². The number of ether oxygens (including phenoxy) is 2. The topological polar surface area (TPSA) is 106 Å². The molecule has 0 aliphatic heterocycles. The molecule has 2 heterocycles. The lowest BCUT2D eigenvalue weighted by Crippen LogP contribution is -2.27. The Bertz CT molecular complexity index is 1350. The van der Waals surface area contributed by atoms with Gasteiger partial charge in [0, 0.05) is 19.3 Å². The number of hydrogen-bond acceptors (Lipinski definition) is 6. The highest BCUT2D eigenvalue weighted by molar-refractivity contribution is 6.01. The van der Waals surface area contributed by atoms with Gasteiger partial charge in [0.25, 0.3) is 11.5 Å². The Hall–Kier alpha value is -3.96. The number of fused-ring (bicyclic) bond motifs is 1. The molecule has 0 aliphatic carbocycles. The van der Waals surface area contributed by atoms with E-state index in [-0.39, 0.29) is 23.1 Å². The number of nitriles is 1. The fourth-order valence-electron chi connectivity index (χ4n) is 3.58. The molecule has 35 heavy (non-hydrogen) atoms. The van der Waals surface area contributed by atoms with Gasteiger partial charge in [-0.2, -0.15) is 10.2 Å². The fourth-order valence-corrected chi connectivity index (χ4v) is 3.58. The van der Waals surface area contributed by atoms with Crippen LogP contribution in [0.15, 0.2) is 46.9 Å². The van der Waals surface area contributed by atoms with Crippen molar-refractivity contribution in [2.24, 2.45) is 0 Å². The third kappa shape index (κ3) is 6.55. The molecular weight excluding hydrogens is 444 g/mol. The van der Waals surface area contributed by atoms with E-state index < -0.39 is 11.5 Å². The van der Waals surface area contributed by atoms with Crippen LogP contribution in [0.5, 0.6) is 11.6 Å². The van der Waals surface area contributed by atoms with Crippen molar-refractivity contribution in [2.75, 3.05) is 13.2 Å². The first-order valence-electron chi connectivity index (χ1n) is 11.5. The molecule has 0 spiro atoms. The molecule has 0 fully saturated rings. The lowest BCUT2D eigenvalue weighted by atomic mass is 10.1. The Labute approximate surface area is 204 Å². The van der Waals surface area contributed by atoms with E-state index in [1.54, 1.807) is 12.3 Å². The van der Waals surface area contributed by atoms with Gasteiger partial charge < -0.3 is 14.8 Å². The van der Waals surface area contributed by atoms with Crippen molar-refractivity contribution < 1.29 is 14.3 Å². The predicted molar refractivity (Wildman–Crippen MR) is 134 cm³/mol. The molecule has 0 unspecified atom stereocenters. The molecule has 0 bridgehead atoms. The first-order valence-corrected chi connectivity index (χ1v) is 11.5. The minimum absolute atomic E-state index is 0.0158. The van der Waals surface area contributed by atoms with Crippen molar-refractivity contribution in [1.29, 1.82) is 5.26 Å². The molecule has 0 atom stereocenters.